The predicted octanol–water partition coefficient (Wildman–Crippen LogP) is 3.91. The number of nitrogen functional groups attached to an aromatic ring is 1. The van der Waals surface area contributed by atoms with Gasteiger partial charge in [-0.2, -0.15) is 0 Å². The van der Waals surface area contributed by atoms with E-state index in [-0.39, 0.29) is 13.2 Å². The molecule has 1 aliphatic carbocycles. The fraction of sp³-hybridized carbons (Fsp3) is 0.350. The topological polar surface area (TPSA) is 87.8 Å². The Hall–Kier alpha value is -2.25. The summed E-state index contributed by atoms with van der Waals surface area (Å²) in [7, 11) is 1.58. The molecular formula is C20H24BrN3O3. The molecule has 144 valence electrons. The number of amides is 1. The fourth-order valence-corrected chi connectivity index (χ4v) is 3.28. The number of nitrogens with zero attached hydrogens (tertiary/aromatic N) is 1. The van der Waals surface area contributed by atoms with Crippen LogP contribution in [0.25, 0.3) is 0 Å². The highest BCUT2D eigenvalue weighted by atomic mass is 79.9. The average molecular weight is 434 g/mol. The van der Waals surface area contributed by atoms with Crippen LogP contribution in [0.1, 0.15) is 29.9 Å². The molecule has 7 heteroatoms. The number of nitrogens with two attached hydrogens (primary N) is 1. The second-order valence-electron chi connectivity index (χ2n) is 6.82. The Morgan fingerprint density at radius 3 is 2.74 bits per heavy atom. The Morgan fingerprint density at radius 2 is 2.07 bits per heavy atom. The molecule has 1 unspecified atom stereocenters. The molecular weight excluding hydrogens is 410 g/mol. The molecule has 1 saturated carbocycles. The standard InChI is InChI=1S/C20H24BrN3O3/c1-24(20(26)27-12-13-5-3-2-4-6-13)11-18(25)23-17-10-15(14-7-8-14)9-16(21)19(17)22/h2-6,9-10,14,18,23,25H,7-8,11-12,22H2,1H3. The monoisotopic (exact) mass is 433 g/mol. The third kappa shape index (κ3) is 5.37. The Balaban J connectivity index is 1.54. The maximum atomic E-state index is 12.1. The molecule has 2 aromatic carbocycles. The number of hydrogen-bond acceptors (Lipinski definition) is 5. The molecule has 0 radical (unpaired) electrons. The molecule has 4 N–H and O–H groups in total. The molecule has 2 aromatic rings. The summed E-state index contributed by atoms with van der Waals surface area (Å²) in [6, 6.07) is 13.4. The van der Waals surface area contributed by atoms with E-state index in [4.69, 9.17) is 10.5 Å². The van der Waals surface area contributed by atoms with Crippen LogP contribution in [0.15, 0.2) is 46.9 Å². The normalized spacial score (nSPS) is 14.5. The van der Waals surface area contributed by atoms with E-state index in [1.54, 1.807) is 7.05 Å². The molecule has 1 fully saturated rings. The first-order chi connectivity index (χ1) is 12.9. The number of likely N-dealkylation sites (N-methyl/N-ethyl adjacent to an activating group) is 1. The SMILES string of the molecule is CN(CC(O)Nc1cc(C2CC2)cc(Br)c1N)C(=O)OCc1ccccc1. The number of carbonyl (C=O) groups excluding carboxylic acids is 1. The minimum atomic E-state index is -0.970. The molecule has 27 heavy (non-hydrogen) atoms. The van der Waals surface area contributed by atoms with Gasteiger partial charge in [-0.3, -0.25) is 0 Å². The number of nitrogens with one attached hydrogen (secondary N) is 1. The largest absolute Gasteiger partial charge is 0.445 e. The highest BCUT2D eigenvalue weighted by molar-refractivity contribution is 9.10. The molecule has 0 aromatic heterocycles. The van der Waals surface area contributed by atoms with Crippen LogP contribution >= 0.6 is 15.9 Å². The van der Waals surface area contributed by atoms with E-state index in [0.717, 1.165) is 10.0 Å². The molecule has 0 aliphatic heterocycles. The molecule has 0 bridgehead atoms. The molecule has 1 atom stereocenters. The van der Waals surface area contributed by atoms with Crippen LogP contribution in [-0.4, -0.2) is 35.9 Å². The van der Waals surface area contributed by atoms with E-state index in [2.05, 4.69) is 21.2 Å². The Bertz CT molecular complexity index is 797. The van der Waals surface area contributed by atoms with Crippen molar-refractivity contribution in [2.45, 2.75) is 31.6 Å². The average Bonchev–Trinajstić information content (AvgIpc) is 3.49. The first-order valence-electron chi connectivity index (χ1n) is 8.89. The van der Waals surface area contributed by atoms with Gasteiger partial charge in [-0.1, -0.05) is 30.3 Å². The summed E-state index contributed by atoms with van der Waals surface area (Å²) in [5, 5.41) is 13.3. The van der Waals surface area contributed by atoms with Crippen molar-refractivity contribution in [3.8, 4) is 0 Å². The molecule has 0 saturated heterocycles. The molecule has 6 nitrogen and oxygen atoms in total. The Kier molecular flexibility index (Phi) is 6.23. The van der Waals surface area contributed by atoms with Crippen LogP contribution in [0.5, 0.6) is 0 Å². The fourth-order valence-electron chi connectivity index (χ4n) is 2.80. The second-order valence-corrected chi connectivity index (χ2v) is 7.67. The van der Waals surface area contributed by atoms with Crippen LogP contribution in [0.4, 0.5) is 16.2 Å². The summed E-state index contributed by atoms with van der Waals surface area (Å²) in [5.41, 5.74) is 9.39. The van der Waals surface area contributed by atoms with Gasteiger partial charge in [0.15, 0.2) is 0 Å². The van der Waals surface area contributed by atoms with E-state index in [1.807, 2.05) is 42.5 Å². The van der Waals surface area contributed by atoms with Gasteiger partial charge in [0.1, 0.15) is 12.8 Å². The van der Waals surface area contributed by atoms with Crippen LogP contribution in [0.3, 0.4) is 0 Å². The van der Waals surface area contributed by atoms with Crippen molar-refractivity contribution >= 4 is 33.4 Å². The van der Waals surface area contributed by atoms with Gasteiger partial charge in [0, 0.05) is 11.5 Å². The lowest BCUT2D eigenvalue weighted by Crippen LogP contribution is -2.38. The lowest BCUT2D eigenvalue weighted by Gasteiger charge is -2.23. The molecule has 1 aliphatic rings. The van der Waals surface area contributed by atoms with Gasteiger partial charge < -0.3 is 25.8 Å². The lowest BCUT2D eigenvalue weighted by atomic mass is 10.1. The van der Waals surface area contributed by atoms with Crippen molar-refractivity contribution in [2.75, 3.05) is 24.6 Å². The highest BCUT2D eigenvalue weighted by Crippen LogP contribution is 2.43. The number of ether oxygens (including phenoxy) is 1. The van der Waals surface area contributed by atoms with E-state index in [9.17, 15) is 9.90 Å². The maximum Gasteiger partial charge on any atom is 0.409 e. The van der Waals surface area contributed by atoms with Crippen LogP contribution in [-0.2, 0) is 11.3 Å². The number of carbonyl (C=O) groups is 1. The number of aliphatic hydroxyl groups is 1. The summed E-state index contributed by atoms with van der Waals surface area (Å²) in [6.07, 6.45) is 0.881. The third-order valence-electron chi connectivity index (χ3n) is 4.49. The number of hydrogen-bond donors (Lipinski definition) is 3. The molecule has 3 rings (SSSR count). The number of halogens is 1. The summed E-state index contributed by atoms with van der Waals surface area (Å²) in [6.45, 7) is 0.259. The zero-order valence-corrected chi connectivity index (χ0v) is 16.8. The first-order valence-corrected chi connectivity index (χ1v) is 9.68. The minimum Gasteiger partial charge on any atom is -0.445 e. The van der Waals surface area contributed by atoms with Gasteiger partial charge in [-0.05, 0) is 57.9 Å². The zero-order chi connectivity index (χ0) is 19.4. The summed E-state index contributed by atoms with van der Waals surface area (Å²) < 4.78 is 6.06. The second kappa shape index (κ2) is 8.63. The van der Waals surface area contributed by atoms with Gasteiger partial charge >= 0.3 is 6.09 Å². The van der Waals surface area contributed by atoms with Crippen LogP contribution < -0.4 is 11.1 Å². The van der Waals surface area contributed by atoms with E-state index in [0.29, 0.717) is 17.3 Å². The highest BCUT2D eigenvalue weighted by Gasteiger charge is 2.25. The van der Waals surface area contributed by atoms with E-state index < -0.39 is 12.3 Å². The number of aliphatic hydroxyl groups excluding tert-OH is 1. The number of anilines is 2. The van der Waals surface area contributed by atoms with Gasteiger partial charge in [0.2, 0.25) is 0 Å². The van der Waals surface area contributed by atoms with Crippen molar-refractivity contribution in [3.63, 3.8) is 0 Å². The third-order valence-corrected chi connectivity index (χ3v) is 5.14. The van der Waals surface area contributed by atoms with E-state index >= 15 is 0 Å². The summed E-state index contributed by atoms with van der Waals surface area (Å²) in [4.78, 5) is 13.4. The van der Waals surface area contributed by atoms with Gasteiger partial charge in [0.05, 0.1) is 17.9 Å². The summed E-state index contributed by atoms with van der Waals surface area (Å²) >= 11 is 3.47. The van der Waals surface area contributed by atoms with Gasteiger partial charge in [-0.25, -0.2) is 4.79 Å². The summed E-state index contributed by atoms with van der Waals surface area (Å²) in [5.74, 6) is 0.565. The van der Waals surface area contributed by atoms with Crippen molar-refractivity contribution < 1.29 is 14.6 Å². The van der Waals surface area contributed by atoms with Crippen LogP contribution in [0, 0.1) is 0 Å². The quantitative estimate of drug-likeness (QED) is 0.455. The van der Waals surface area contributed by atoms with Crippen molar-refractivity contribution in [1.29, 1.82) is 0 Å². The first kappa shape index (κ1) is 19.5. The molecule has 0 heterocycles. The Morgan fingerprint density at radius 1 is 1.37 bits per heavy atom. The van der Waals surface area contributed by atoms with Crippen molar-refractivity contribution in [3.05, 3.63) is 58.1 Å². The van der Waals surface area contributed by atoms with E-state index in [1.165, 1.54) is 23.3 Å². The van der Waals surface area contributed by atoms with Crippen molar-refractivity contribution in [1.82, 2.24) is 4.90 Å². The Labute approximate surface area is 167 Å². The lowest BCUT2D eigenvalue weighted by molar-refractivity contribution is 0.0854. The smallest absolute Gasteiger partial charge is 0.409 e. The van der Waals surface area contributed by atoms with Crippen LogP contribution in [0.2, 0.25) is 0 Å². The van der Waals surface area contributed by atoms with Crippen molar-refractivity contribution in [2.24, 2.45) is 0 Å². The van der Waals surface area contributed by atoms with Gasteiger partial charge in [0.25, 0.3) is 0 Å². The number of rotatable bonds is 7. The zero-order valence-electron chi connectivity index (χ0n) is 15.2. The molecule has 1 amide bonds. The van der Waals surface area contributed by atoms with Gasteiger partial charge in [-0.15, -0.1) is 0 Å². The minimum absolute atomic E-state index is 0.0678. The predicted molar refractivity (Wildman–Crippen MR) is 109 cm³/mol. The maximum absolute atomic E-state index is 12.1. The number of benzene rings is 2. The molecule has 0 spiro atoms.